The van der Waals surface area contributed by atoms with E-state index in [4.69, 9.17) is 9.52 Å². The van der Waals surface area contributed by atoms with Crippen LogP contribution in [0.1, 0.15) is 30.2 Å². The van der Waals surface area contributed by atoms with Crippen molar-refractivity contribution >= 4 is 5.97 Å². The van der Waals surface area contributed by atoms with Crippen LogP contribution in [0, 0.1) is 0 Å². The van der Waals surface area contributed by atoms with Gasteiger partial charge in [0.25, 0.3) is 0 Å². The highest BCUT2D eigenvalue weighted by Gasteiger charge is 2.07. The molecule has 0 unspecified atom stereocenters. The summed E-state index contributed by atoms with van der Waals surface area (Å²) in [6.45, 7) is 0. The Bertz CT molecular complexity index is 522. The van der Waals surface area contributed by atoms with E-state index in [1.807, 2.05) is 18.2 Å². The number of hydrogen-bond acceptors (Lipinski definition) is 4. The first-order valence-electron chi connectivity index (χ1n) is 6.31. The number of aryl methyl sites for hydroxylation is 3. The lowest BCUT2D eigenvalue weighted by Crippen LogP contribution is -1.97. The fraction of sp³-hybridized carbons (Fsp3) is 0.357. The van der Waals surface area contributed by atoms with Gasteiger partial charge in [0.15, 0.2) is 0 Å². The number of carboxylic acids is 1. The zero-order chi connectivity index (χ0) is 13.5. The average molecular weight is 260 g/mol. The summed E-state index contributed by atoms with van der Waals surface area (Å²) in [6.07, 6.45) is 2.93. The Kier molecular flexibility index (Phi) is 4.66. The fourth-order valence-corrected chi connectivity index (χ4v) is 1.79. The van der Waals surface area contributed by atoms with Crippen molar-refractivity contribution in [3.05, 3.63) is 47.7 Å². The van der Waals surface area contributed by atoms with Crippen LogP contribution in [0.3, 0.4) is 0 Å². The van der Waals surface area contributed by atoms with E-state index < -0.39 is 5.97 Å². The maximum Gasteiger partial charge on any atom is 0.303 e. The molecule has 1 aromatic carbocycles. The molecular weight excluding hydrogens is 244 g/mol. The normalized spacial score (nSPS) is 10.5. The molecule has 0 atom stereocenters. The van der Waals surface area contributed by atoms with E-state index in [0.29, 0.717) is 18.2 Å². The van der Waals surface area contributed by atoms with E-state index in [9.17, 15) is 4.79 Å². The Hall–Kier alpha value is -2.17. The highest BCUT2D eigenvalue weighted by molar-refractivity contribution is 5.66. The predicted octanol–water partition coefficient (Wildman–Crippen LogP) is 2.26. The molecule has 19 heavy (non-hydrogen) atoms. The van der Waals surface area contributed by atoms with E-state index in [2.05, 4.69) is 22.3 Å². The molecule has 0 radical (unpaired) electrons. The van der Waals surface area contributed by atoms with Gasteiger partial charge in [-0.25, -0.2) is 0 Å². The molecule has 5 heteroatoms. The third-order valence-electron chi connectivity index (χ3n) is 2.76. The molecular formula is C14H16N2O3. The molecule has 5 nitrogen and oxygen atoms in total. The summed E-state index contributed by atoms with van der Waals surface area (Å²) < 4.78 is 5.39. The molecule has 2 rings (SSSR count). The Morgan fingerprint density at radius 1 is 1.05 bits per heavy atom. The molecule has 0 spiro atoms. The number of carboxylic acid groups (broad SMARTS) is 1. The van der Waals surface area contributed by atoms with Gasteiger partial charge < -0.3 is 9.52 Å². The standard InChI is InChI=1S/C14H16N2O3/c17-14(18)10-9-13-16-15-12(19-13)8-4-7-11-5-2-1-3-6-11/h1-3,5-6H,4,7-10H2,(H,17,18). The second-order valence-corrected chi connectivity index (χ2v) is 4.32. The minimum Gasteiger partial charge on any atom is -0.481 e. The van der Waals surface area contributed by atoms with Gasteiger partial charge >= 0.3 is 5.97 Å². The van der Waals surface area contributed by atoms with Gasteiger partial charge in [-0.05, 0) is 18.4 Å². The molecule has 0 saturated carbocycles. The van der Waals surface area contributed by atoms with Crippen molar-refractivity contribution in [2.24, 2.45) is 0 Å². The van der Waals surface area contributed by atoms with Crippen LogP contribution in [-0.4, -0.2) is 21.3 Å². The van der Waals surface area contributed by atoms with Gasteiger partial charge in [0.05, 0.1) is 6.42 Å². The second kappa shape index (κ2) is 6.68. The van der Waals surface area contributed by atoms with Crippen molar-refractivity contribution in [1.82, 2.24) is 10.2 Å². The summed E-state index contributed by atoms with van der Waals surface area (Å²) in [5.41, 5.74) is 1.29. The molecule has 0 aliphatic rings. The quantitative estimate of drug-likeness (QED) is 0.826. The van der Waals surface area contributed by atoms with Gasteiger partial charge in [0, 0.05) is 12.8 Å². The summed E-state index contributed by atoms with van der Waals surface area (Å²) in [7, 11) is 0. The minimum atomic E-state index is -0.858. The Morgan fingerprint density at radius 3 is 2.42 bits per heavy atom. The molecule has 0 saturated heterocycles. The molecule has 1 aromatic heterocycles. The molecule has 0 aliphatic carbocycles. The van der Waals surface area contributed by atoms with Crippen molar-refractivity contribution in [3.63, 3.8) is 0 Å². The lowest BCUT2D eigenvalue weighted by atomic mass is 10.1. The van der Waals surface area contributed by atoms with Crippen LogP contribution in [0.25, 0.3) is 0 Å². The molecule has 1 heterocycles. The first-order valence-corrected chi connectivity index (χ1v) is 6.31. The number of aliphatic carboxylic acids is 1. The zero-order valence-corrected chi connectivity index (χ0v) is 10.6. The van der Waals surface area contributed by atoms with Gasteiger partial charge in [-0.2, -0.15) is 0 Å². The summed E-state index contributed by atoms with van der Waals surface area (Å²) >= 11 is 0. The van der Waals surface area contributed by atoms with Gasteiger partial charge in [-0.1, -0.05) is 30.3 Å². The first kappa shape index (κ1) is 13.3. The Balaban J connectivity index is 1.76. The van der Waals surface area contributed by atoms with Gasteiger partial charge in [0.1, 0.15) is 0 Å². The number of carbonyl (C=O) groups is 1. The highest BCUT2D eigenvalue weighted by atomic mass is 16.4. The summed E-state index contributed by atoms with van der Waals surface area (Å²) in [5.74, 6) is 0.122. The van der Waals surface area contributed by atoms with Crippen molar-refractivity contribution in [2.45, 2.75) is 32.1 Å². The summed E-state index contributed by atoms with van der Waals surface area (Å²) in [4.78, 5) is 10.4. The van der Waals surface area contributed by atoms with Crippen LogP contribution in [0.4, 0.5) is 0 Å². The number of rotatable bonds is 7. The fourth-order valence-electron chi connectivity index (χ4n) is 1.79. The van der Waals surface area contributed by atoms with Gasteiger partial charge in [0.2, 0.25) is 11.8 Å². The molecule has 2 aromatic rings. The van der Waals surface area contributed by atoms with Crippen molar-refractivity contribution in [1.29, 1.82) is 0 Å². The third-order valence-corrected chi connectivity index (χ3v) is 2.76. The monoisotopic (exact) mass is 260 g/mol. The van der Waals surface area contributed by atoms with Gasteiger partial charge in [-0.15, -0.1) is 10.2 Å². The van der Waals surface area contributed by atoms with Crippen molar-refractivity contribution < 1.29 is 14.3 Å². The molecule has 0 fully saturated rings. The topological polar surface area (TPSA) is 76.2 Å². The number of nitrogens with zero attached hydrogens (tertiary/aromatic N) is 2. The van der Waals surface area contributed by atoms with Crippen molar-refractivity contribution in [2.75, 3.05) is 0 Å². The van der Waals surface area contributed by atoms with Crippen LogP contribution in [0.2, 0.25) is 0 Å². The molecule has 0 amide bonds. The third kappa shape index (κ3) is 4.54. The van der Waals surface area contributed by atoms with Crippen LogP contribution >= 0.6 is 0 Å². The maximum absolute atomic E-state index is 10.4. The number of aromatic nitrogens is 2. The van der Waals surface area contributed by atoms with Gasteiger partial charge in [-0.3, -0.25) is 4.79 Å². The second-order valence-electron chi connectivity index (χ2n) is 4.32. The van der Waals surface area contributed by atoms with E-state index in [0.717, 1.165) is 19.3 Å². The SMILES string of the molecule is O=C(O)CCc1nnc(CCCc2ccccc2)o1. The Labute approximate surface area is 111 Å². The van der Waals surface area contributed by atoms with E-state index >= 15 is 0 Å². The van der Waals surface area contributed by atoms with Crippen LogP contribution < -0.4 is 0 Å². The van der Waals surface area contributed by atoms with Crippen molar-refractivity contribution in [3.8, 4) is 0 Å². The largest absolute Gasteiger partial charge is 0.481 e. The molecule has 1 N–H and O–H groups in total. The number of hydrogen-bond donors (Lipinski definition) is 1. The number of benzene rings is 1. The van der Waals surface area contributed by atoms with Crippen LogP contribution in [-0.2, 0) is 24.1 Å². The lowest BCUT2D eigenvalue weighted by Gasteiger charge is -1.98. The molecule has 0 aliphatic heterocycles. The summed E-state index contributed by atoms with van der Waals surface area (Å²) in [6, 6.07) is 10.2. The van der Waals surface area contributed by atoms with Crippen LogP contribution in [0.15, 0.2) is 34.7 Å². The smallest absolute Gasteiger partial charge is 0.303 e. The average Bonchev–Trinajstić information content (AvgIpc) is 2.86. The maximum atomic E-state index is 10.4. The minimum absolute atomic E-state index is 0.0195. The first-order chi connectivity index (χ1) is 9.24. The highest BCUT2D eigenvalue weighted by Crippen LogP contribution is 2.08. The molecule has 100 valence electrons. The lowest BCUT2D eigenvalue weighted by molar-refractivity contribution is -0.137. The van der Waals surface area contributed by atoms with E-state index in [1.165, 1.54) is 5.56 Å². The summed E-state index contributed by atoms with van der Waals surface area (Å²) in [5, 5.41) is 16.3. The molecule has 0 bridgehead atoms. The zero-order valence-electron chi connectivity index (χ0n) is 10.6. The predicted molar refractivity (Wildman–Crippen MR) is 68.7 cm³/mol. The Morgan fingerprint density at radius 2 is 1.74 bits per heavy atom. The van der Waals surface area contributed by atoms with E-state index in [1.54, 1.807) is 0 Å². The van der Waals surface area contributed by atoms with Crippen LogP contribution in [0.5, 0.6) is 0 Å². The van der Waals surface area contributed by atoms with E-state index in [-0.39, 0.29) is 6.42 Å².